The number of rotatable bonds is 8. The maximum atomic E-state index is 11.3. The third-order valence-corrected chi connectivity index (χ3v) is 3.59. The van der Waals surface area contributed by atoms with Crippen LogP contribution in [0.15, 0.2) is 0 Å². The van der Waals surface area contributed by atoms with Gasteiger partial charge in [-0.1, -0.05) is 44.8 Å². The Morgan fingerprint density at radius 3 is 2.56 bits per heavy atom. The smallest absolute Gasteiger partial charge is 0.213 e. The summed E-state index contributed by atoms with van der Waals surface area (Å²) in [6.07, 6.45) is 6.70. The Bertz CT molecular complexity index is 222. The number of hydrogen-bond acceptors (Lipinski definition) is 5. The molecule has 0 rings (SSSR count). The van der Waals surface area contributed by atoms with E-state index in [-0.39, 0.29) is 11.7 Å². The highest BCUT2D eigenvalue weighted by atomic mass is 32.2. The number of carbonyl (C=O) groups is 1. The summed E-state index contributed by atoms with van der Waals surface area (Å²) < 4.78 is 0.686. The van der Waals surface area contributed by atoms with Gasteiger partial charge in [0.1, 0.15) is 0 Å². The van der Waals surface area contributed by atoms with Crippen molar-refractivity contribution in [1.82, 2.24) is 0 Å². The molecule has 0 heterocycles. The second-order valence-corrected chi connectivity index (χ2v) is 5.60. The highest BCUT2D eigenvalue weighted by Gasteiger charge is 2.14. The van der Waals surface area contributed by atoms with Gasteiger partial charge in [0.05, 0.1) is 16.8 Å². The van der Waals surface area contributed by atoms with Crippen LogP contribution in [-0.2, 0) is 4.79 Å². The number of aliphatic hydroxyl groups excluding tert-OH is 1. The van der Waals surface area contributed by atoms with Crippen LogP contribution >= 0.6 is 24.0 Å². The molecule has 16 heavy (non-hydrogen) atoms. The molecule has 0 radical (unpaired) electrons. The molecule has 94 valence electrons. The van der Waals surface area contributed by atoms with E-state index in [2.05, 4.69) is 6.92 Å². The zero-order chi connectivity index (χ0) is 12.4. The average molecular weight is 263 g/mol. The molecular weight excluding hydrogens is 242 g/mol. The third-order valence-electron chi connectivity index (χ3n) is 2.20. The monoisotopic (exact) mass is 263 g/mol. The van der Waals surface area contributed by atoms with Crippen molar-refractivity contribution in [2.45, 2.75) is 51.5 Å². The number of hydrogen-bond donors (Lipinski definition) is 2. The lowest BCUT2D eigenvalue weighted by molar-refractivity contribution is -0.112. The first-order valence-electron chi connectivity index (χ1n) is 5.72. The summed E-state index contributed by atoms with van der Waals surface area (Å²) in [5.74, 6) is 0. The second kappa shape index (κ2) is 10.2. The van der Waals surface area contributed by atoms with Crippen molar-refractivity contribution in [3.05, 3.63) is 0 Å². The van der Waals surface area contributed by atoms with Gasteiger partial charge in [0.2, 0.25) is 5.12 Å². The van der Waals surface area contributed by atoms with Gasteiger partial charge in [0, 0.05) is 0 Å². The quantitative estimate of drug-likeness (QED) is 0.519. The van der Waals surface area contributed by atoms with Crippen LogP contribution in [0.2, 0.25) is 0 Å². The predicted octanol–water partition coefficient (Wildman–Crippen LogP) is 2.25. The number of thiocarbonyl (C=S) groups is 1. The van der Waals surface area contributed by atoms with Crippen molar-refractivity contribution in [2.24, 2.45) is 5.73 Å². The maximum Gasteiger partial charge on any atom is 0.213 e. The van der Waals surface area contributed by atoms with Crippen molar-refractivity contribution in [1.29, 1.82) is 0 Å². The first-order valence-corrected chi connectivity index (χ1v) is 6.95. The molecule has 3 N–H and O–H groups in total. The van der Waals surface area contributed by atoms with Crippen LogP contribution < -0.4 is 5.73 Å². The highest BCUT2D eigenvalue weighted by molar-refractivity contribution is 8.33. The lowest BCUT2D eigenvalue weighted by atomic mass is 10.1. The Morgan fingerprint density at radius 1 is 1.38 bits per heavy atom. The van der Waals surface area contributed by atoms with Crippen LogP contribution in [0.1, 0.15) is 45.4 Å². The second-order valence-electron chi connectivity index (χ2n) is 3.75. The molecule has 0 aromatic heterocycles. The Labute approximate surface area is 107 Å². The van der Waals surface area contributed by atoms with Crippen LogP contribution in [0.25, 0.3) is 0 Å². The fourth-order valence-corrected chi connectivity index (χ4v) is 2.27. The van der Waals surface area contributed by atoms with Crippen LogP contribution in [0, 0.1) is 0 Å². The van der Waals surface area contributed by atoms with E-state index in [1.165, 1.54) is 19.3 Å². The molecule has 0 aromatic rings. The van der Waals surface area contributed by atoms with Gasteiger partial charge in [0.15, 0.2) is 0 Å². The Kier molecular flexibility index (Phi) is 10.2. The number of nitrogens with two attached hydrogens (primary N) is 1. The number of aliphatic hydroxyl groups is 1. The van der Waals surface area contributed by atoms with Crippen molar-refractivity contribution < 1.29 is 9.90 Å². The van der Waals surface area contributed by atoms with E-state index in [0.29, 0.717) is 4.20 Å². The number of unbranched alkanes of at least 4 members (excludes halogenated alkanes) is 4. The molecule has 0 saturated carbocycles. The fourth-order valence-electron chi connectivity index (χ4n) is 1.19. The van der Waals surface area contributed by atoms with Crippen molar-refractivity contribution in [3.8, 4) is 0 Å². The molecule has 0 aliphatic rings. The van der Waals surface area contributed by atoms with E-state index < -0.39 is 6.04 Å². The van der Waals surface area contributed by atoms with Crippen LogP contribution in [0.5, 0.6) is 0 Å². The van der Waals surface area contributed by atoms with Gasteiger partial charge in [0.25, 0.3) is 0 Å². The van der Waals surface area contributed by atoms with Gasteiger partial charge < -0.3 is 10.8 Å². The third kappa shape index (κ3) is 8.21. The molecule has 3 nitrogen and oxygen atoms in total. The summed E-state index contributed by atoms with van der Waals surface area (Å²) in [5.41, 5.74) is 5.38. The molecule has 5 heteroatoms. The van der Waals surface area contributed by atoms with Gasteiger partial charge in [-0.05, 0) is 24.6 Å². The standard InChI is InChI=1S/C11H21NO2S2/c1-2-3-4-5-6-7-10(15)16-11(14)9(12)8-13/h9,13H,2-8,12H2,1H3/t9-/m0/s1. The first-order chi connectivity index (χ1) is 7.61. The van der Waals surface area contributed by atoms with E-state index in [1.807, 2.05) is 0 Å². The van der Waals surface area contributed by atoms with Crippen LogP contribution in [-0.4, -0.2) is 27.1 Å². The van der Waals surface area contributed by atoms with Gasteiger partial charge >= 0.3 is 0 Å². The highest BCUT2D eigenvalue weighted by Crippen LogP contribution is 2.15. The Balaban J connectivity index is 3.55. The minimum atomic E-state index is -0.803. The van der Waals surface area contributed by atoms with Gasteiger partial charge in [-0.3, -0.25) is 4.79 Å². The lowest BCUT2D eigenvalue weighted by Crippen LogP contribution is -2.32. The summed E-state index contributed by atoms with van der Waals surface area (Å²) >= 11 is 6.08. The largest absolute Gasteiger partial charge is 0.394 e. The van der Waals surface area contributed by atoms with Gasteiger partial charge in [-0.15, -0.1) is 0 Å². The molecule has 0 aliphatic carbocycles. The molecule has 0 spiro atoms. The van der Waals surface area contributed by atoms with Gasteiger partial charge in [-0.2, -0.15) is 0 Å². The molecule has 0 bridgehead atoms. The summed E-state index contributed by atoms with van der Waals surface area (Å²) in [5, 5.41) is 8.45. The first kappa shape index (κ1) is 16.0. The van der Waals surface area contributed by atoms with Crippen LogP contribution in [0.4, 0.5) is 0 Å². The van der Waals surface area contributed by atoms with Crippen LogP contribution in [0.3, 0.4) is 0 Å². The van der Waals surface area contributed by atoms with Crippen molar-refractivity contribution in [2.75, 3.05) is 6.61 Å². The van der Waals surface area contributed by atoms with Crippen molar-refractivity contribution in [3.63, 3.8) is 0 Å². The SMILES string of the molecule is CCCCCCCC(=S)SC(=O)[C@@H](N)CO. The molecule has 1 atom stereocenters. The summed E-state index contributed by atoms with van der Waals surface area (Å²) in [7, 11) is 0. The van der Waals surface area contributed by atoms with Gasteiger partial charge in [-0.25, -0.2) is 0 Å². The molecule has 0 aliphatic heterocycles. The van der Waals surface area contributed by atoms with E-state index in [4.69, 9.17) is 23.1 Å². The Hall–Kier alpha value is 0.0300. The Morgan fingerprint density at radius 2 is 2.00 bits per heavy atom. The normalized spacial score (nSPS) is 12.4. The minimum absolute atomic E-state index is 0.235. The van der Waals surface area contributed by atoms with E-state index in [0.717, 1.165) is 31.0 Å². The van der Waals surface area contributed by atoms with E-state index >= 15 is 0 Å². The number of carbonyl (C=O) groups excluding carboxylic acids is 1. The lowest BCUT2D eigenvalue weighted by Gasteiger charge is -2.06. The zero-order valence-corrected chi connectivity index (χ0v) is 11.4. The molecule has 0 unspecified atom stereocenters. The summed E-state index contributed by atoms with van der Waals surface area (Å²) in [6, 6.07) is -0.803. The molecular formula is C11H21NO2S2. The molecule has 0 saturated heterocycles. The minimum Gasteiger partial charge on any atom is -0.394 e. The molecule has 0 amide bonds. The zero-order valence-electron chi connectivity index (χ0n) is 9.78. The van der Waals surface area contributed by atoms with E-state index in [1.54, 1.807) is 0 Å². The topological polar surface area (TPSA) is 63.3 Å². The summed E-state index contributed by atoms with van der Waals surface area (Å²) in [4.78, 5) is 11.3. The number of thioether (sulfide) groups is 1. The molecule has 0 aromatic carbocycles. The van der Waals surface area contributed by atoms with E-state index in [9.17, 15) is 4.79 Å². The maximum absolute atomic E-state index is 11.3. The predicted molar refractivity (Wildman–Crippen MR) is 73.6 cm³/mol. The average Bonchev–Trinajstić information content (AvgIpc) is 2.27. The molecule has 0 fully saturated rings. The van der Waals surface area contributed by atoms with Crippen molar-refractivity contribution >= 4 is 33.3 Å². The summed E-state index contributed by atoms with van der Waals surface area (Å²) in [6.45, 7) is 1.86. The fraction of sp³-hybridized carbons (Fsp3) is 0.818.